The lowest BCUT2D eigenvalue weighted by molar-refractivity contribution is 0.0922. The number of thiazole rings is 1. The molecule has 1 aliphatic heterocycles. The van der Waals surface area contributed by atoms with Crippen LogP contribution in [0.1, 0.15) is 47.3 Å². The van der Waals surface area contributed by atoms with Crippen molar-refractivity contribution in [2.75, 3.05) is 18.4 Å². The van der Waals surface area contributed by atoms with Crippen molar-refractivity contribution in [1.82, 2.24) is 14.9 Å². The number of ketones is 1. The van der Waals surface area contributed by atoms with Gasteiger partial charge < -0.3 is 10.1 Å². The lowest BCUT2D eigenvalue weighted by atomic mass is 9.86. The first-order valence-electron chi connectivity index (χ1n) is 12.2. The van der Waals surface area contributed by atoms with E-state index in [1.165, 1.54) is 4.88 Å². The van der Waals surface area contributed by atoms with Crippen molar-refractivity contribution in [2.24, 2.45) is 0 Å². The van der Waals surface area contributed by atoms with Gasteiger partial charge in [0.1, 0.15) is 11.4 Å². The van der Waals surface area contributed by atoms with Crippen LogP contribution in [0.3, 0.4) is 0 Å². The van der Waals surface area contributed by atoms with Gasteiger partial charge in [-0.3, -0.25) is 9.69 Å². The van der Waals surface area contributed by atoms with Gasteiger partial charge in [0.25, 0.3) is 0 Å². The fourth-order valence-corrected chi connectivity index (χ4v) is 5.38. The minimum absolute atomic E-state index is 0.0545. The number of nitrogens with zero attached hydrogens (tertiary/aromatic N) is 3. The van der Waals surface area contributed by atoms with Gasteiger partial charge in [-0.25, -0.2) is 9.97 Å². The molecule has 0 atom stereocenters. The lowest BCUT2D eigenvalue weighted by Gasteiger charge is -2.24. The van der Waals surface area contributed by atoms with Crippen LogP contribution in [0.15, 0.2) is 72.9 Å². The molecule has 1 N–H and O–H groups in total. The van der Waals surface area contributed by atoms with Gasteiger partial charge in [-0.2, -0.15) is 0 Å². The molecular formula is C29H30N4O2S. The summed E-state index contributed by atoms with van der Waals surface area (Å²) in [6, 6.07) is 21.4. The predicted molar refractivity (Wildman–Crippen MR) is 145 cm³/mol. The van der Waals surface area contributed by atoms with Gasteiger partial charge in [-0.05, 0) is 23.6 Å². The molecule has 7 heteroatoms. The Bertz CT molecular complexity index is 1360. The Balaban J connectivity index is 1.30. The van der Waals surface area contributed by atoms with E-state index in [0.717, 1.165) is 52.9 Å². The van der Waals surface area contributed by atoms with Crippen LogP contribution in [0.4, 0.5) is 10.8 Å². The van der Waals surface area contributed by atoms with E-state index >= 15 is 0 Å². The molecule has 0 fully saturated rings. The predicted octanol–water partition coefficient (Wildman–Crippen LogP) is 6.61. The molecule has 184 valence electrons. The Morgan fingerprint density at radius 3 is 2.64 bits per heavy atom. The second-order valence-electron chi connectivity index (χ2n) is 9.97. The number of rotatable bonds is 7. The summed E-state index contributed by atoms with van der Waals surface area (Å²) in [5.41, 5.74) is 3.68. The van der Waals surface area contributed by atoms with Crippen molar-refractivity contribution in [3.63, 3.8) is 0 Å². The average Bonchev–Trinajstić information content (AvgIpc) is 3.27. The van der Waals surface area contributed by atoms with Gasteiger partial charge in [-0.1, -0.05) is 69.3 Å². The molecule has 0 aliphatic carbocycles. The van der Waals surface area contributed by atoms with Crippen LogP contribution in [0.2, 0.25) is 0 Å². The van der Waals surface area contributed by atoms with Gasteiger partial charge in [0.2, 0.25) is 5.88 Å². The number of pyridine rings is 1. The lowest BCUT2D eigenvalue weighted by Crippen LogP contribution is -2.34. The summed E-state index contributed by atoms with van der Waals surface area (Å²) in [5.74, 6) is 1.45. The van der Waals surface area contributed by atoms with Crippen molar-refractivity contribution in [3.05, 3.63) is 94.6 Å². The average molecular weight is 499 g/mol. The molecule has 0 radical (unpaired) electrons. The van der Waals surface area contributed by atoms with Gasteiger partial charge in [-0.15, -0.1) is 11.3 Å². The second kappa shape index (κ2) is 10.2. The van der Waals surface area contributed by atoms with Gasteiger partial charge in [0, 0.05) is 41.7 Å². The normalized spacial score (nSPS) is 13.8. The standard InChI is InChI=1S/C29H30N4O2S/c1-29(2,3)21-12-7-8-14-25(21)35-27-23(13-9-16-30-27)32-28-31-22-15-17-33(19-26(22)36-28)18-24(34)20-10-5-4-6-11-20/h4-14,16H,15,17-19H2,1-3H3,(H,31,32). The number of carbonyl (C=O) groups excluding carboxylic acids is 1. The summed E-state index contributed by atoms with van der Waals surface area (Å²) in [6.45, 7) is 8.47. The molecule has 2 aromatic carbocycles. The number of carbonyl (C=O) groups is 1. The fourth-order valence-electron chi connectivity index (χ4n) is 4.32. The van der Waals surface area contributed by atoms with E-state index in [9.17, 15) is 4.79 Å². The largest absolute Gasteiger partial charge is 0.437 e. The van der Waals surface area contributed by atoms with Gasteiger partial charge in [0.05, 0.1) is 12.2 Å². The van der Waals surface area contributed by atoms with E-state index in [-0.39, 0.29) is 11.2 Å². The Labute approximate surface area is 216 Å². The minimum Gasteiger partial charge on any atom is -0.437 e. The third-order valence-corrected chi connectivity index (χ3v) is 7.19. The maximum Gasteiger partial charge on any atom is 0.243 e. The Morgan fingerprint density at radius 1 is 1.06 bits per heavy atom. The van der Waals surface area contributed by atoms with E-state index in [0.29, 0.717) is 12.4 Å². The van der Waals surface area contributed by atoms with E-state index in [1.54, 1.807) is 17.5 Å². The number of Topliss-reactive ketones (excluding diaryl/α,β-unsaturated/α-hetero) is 1. The summed E-state index contributed by atoms with van der Waals surface area (Å²) in [4.78, 5) is 25.4. The Morgan fingerprint density at radius 2 is 1.83 bits per heavy atom. The Hall–Kier alpha value is -3.55. The maximum absolute atomic E-state index is 12.7. The molecule has 0 saturated carbocycles. The molecule has 3 heterocycles. The molecule has 0 bridgehead atoms. The summed E-state index contributed by atoms with van der Waals surface area (Å²) in [7, 11) is 0. The number of benzene rings is 2. The number of anilines is 2. The number of aromatic nitrogens is 2. The number of hydrogen-bond acceptors (Lipinski definition) is 7. The molecule has 4 aromatic rings. The van der Waals surface area contributed by atoms with Crippen LogP contribution in [-0.4, -0.2) is 33.7 Å². The molecule has 2 aromatic heterocycles. The fraction of sp³-hybridized carbons (Fsp3) is 0.276. The van der Waals surface area contributed by atoms with Crippen LogP contribution in [0.5, 0.6) is 11.6 Å². The highest BCUT2D eigenvalue weighted by Crippen LogP contribution is 2.37. The first-order chi connectivity index (χ1) is 17.4. The molecule has 5 rings (SSSR count). The molecule has 36 heavy (non-hydrogen) atoms. The molecule has 0 saturated heterocycles. The third kappa shape index (κ3) is 5.48. The van der Waals surface area contributed by atoms with Crippen molar-refractivity contribution < 1.29 is 9.53 Å². The molecule has 0 amide bonds. The van der Waals surface area contributed by atoms with E-state index in [2.05, 4.69) is 42.0 Å². The van der Waals surface area contributed by atoms with Gasteiger partial charge >= 0.3 is 0 Å². The van der Waals surface area contributed by atoms with Crippen LogP contribution in [0, 0.1) is 0 Å². The third-order valence-electron chi connectivity index (χ3n) is 6.19. The minimum atomic E-state index is -0.0545. The zero-order valence-electron chi connectivity index (χ0n) is 20.8. The summed E-state index contributed by atoms with van der Waals surface area (Å²) >= 11 is 1.62. The second-order valence-corrected chi connectivity index (χ2v) is 11.1. The summed E-state index contributed by atoms with van der Waals surface area (Å²) < 4.78 is 6.30. The topological polar surface area (TPSA) is 67.3 Å². The highest BCUT2D eigenvalue weighted by atomic mass is 32.1. The molecule has 0 spiro atoms. The number of nitrogens with one attached hydrogen (secondary N) is 1. The molecule has 6 nitrogen and oxygen atoms in total. The molecular weight excluding hydrogens is 468 g/mol. The highest BCUT2D eigenvalue weighted by molar-refractivity contribution is 7.15. The summed E-state index contributed by atoms with van der Waals surface area (Å²) in [6.07, 6.45) is 2.56. The molecule has 0 unspecified atom stereocenters. The zero-order valence-corrected chi connectivity index (χ0v) is 21.6. The summed E-state index contributed by atoms with van der Waals surface area (Å²) in [5, 5.41) is 4.23. The highest BCUT2D eigenvalue weighted by Gasteiger charge is 2.24. The first-order valence-corrected chi connectivity index (χ1v) is 13.0. The van der Waals surface area contributed by atoms with E-state index < -0.39 is 0 Å². The maximum atomic E-state index is 12.7. The zero-order chi connectivity index (χ0) is 25.1. The first kappa shape index (κ1) is 24.2. The number of para-hydroxylation sites is 1. The smallest absolute Gasteiger partial charge is 0.243 e. The van der Waals surface area contributed by atoms with Crippen molar-refractivity contribution in [3.8, 4) is 11.6 Å². The monoisotopic (exact) mass is 498 g/mol. The SMILES string of the molecule is CC(C)(C)c1ccccc1Oc1ncccc1Nc1nc2c(s1)CN(CC(=O)c1ccccc1)CC2. The van der Waals surface area contributed by atoms with Crippen molar-refractivity contribution >= 4 is 27.9 Å². The number of ether oxygens (including phenoxy) is 1. The molecule has 1 aliphatic rings. The quantitative estimate of drug-likeness (QED) is 0.289. The van der Waals surface area contributed by atoms with Crippen LogP contribution >= 0.6 is 11.3 Å². The number of fused-ring (bicyclic) bond motifs is 1. The van der Waals surface area contributed by atoms with E-state index in [4.69, 9.17) is 9.72 Å². The Kier molecular flexibility index (Phi) is 6.85. The van der Waals surface area contributed by atoms with Gasteiger partial charge in [0.15, 0.2) is 10.9 Å². The number of hydrogen-bond donors (Lipinski definition) is 1. The van der Waals surface area contributed by atoms with Crippen LogP contribution < -0.4 is 10.1 Å². The van der Waals surface area contributed by atoms with E-state index in [1.807, 2.05) is 60.7 Å². The van der Waals surface area contributed by atoms with Crippen molar-refractivity contribution in [2.45, 2.75) is 39.2 Å². The van der Waals surface area contributed by atoms with Crippen LogP contribution in [-0.2, 0) is 18.4 Å². The van der Waals surface area contributed by atoms with Crippen LogP contribution in [0.25, 0.3) is 0 Å². The van der Waals surface area contributed by atoms with Crippen molar-refractivity contribution in [1.29, 1.82) is 0 Å².